The van der Waals surface area contributed by atoms with Gasteiger partial charge in [-0.1, -0.05) is 6.08 Å². The largest absolute Gasteiger partial charge is 0.493 e. The molecule has 0 amide bonds. The van der Waals surface area contributed by atoms with E-state index < -0.39 is 0 Å². The quantitative estimate of drug-likeness (QED) is 0.770. The van der Waals surface area contributed by atoms with Crippen molar-refractivity contribution >= 4 is 21.9 Å². The van der Waals surface area contributed by atoms with Gasteiger partial charge in [-0.3, -0.25) is 0 Å². The van der Waals surface area contributed by atoms with Gasteiger partial charge in [0.05, 0.1) is 30.6 Å². The SMILES string of the molecule is COc1cc(C2CC3=CC(C)=COC3c3nc(N)n(C#N)c32)cc(Br)c1OC. The number of anilines is 1. The van der Waals surface area contributed by atoms with Crippen molar-refractivity contribution in [2.45, 2.75) is 25.4 Å². The number of aromatic nitrogens is 2. The first-order chi connectivity index (χ1) is 13.5. The summed E-state index contributed by atoms with van der Waals surface area (Å²) in [4.78, 5) is 4.46. The Hall–Kier alpha value is -2.92. The first-order valence-electron chi connectivity index (χ1n) is 8.70. The van der Waals surface area contributed by atoms with Gasteiger partial charge >= 0.3 is 0 Å². The van der Waals surface area contributed by atoms with Crippen molar-refractivity contribution in [1.82, 2.24) is 9.55 Å². The standard InChI is InChI=1S/C20H19BrN4O3/c1-10-4-12-5-13(11-6-14(21)19(27-3)15(7-11)26-2)17-16(18(12)28-8-10)24-20(23)25(17)9-22/h4,6-8,13,18H,5H2,1-3H3,(H2,23,24). The molecule has 2 N–H and O–H groups in total. The van der Waals surface area contributed by atoms with Crippen molar-refractivity contribution < 1.29 is 14.2 Å². The Balaban J connectivity index is 1.93. The molecule has 0 saturated carbocycles. The molecule has 0 saturated heterocycles. The lowest BCUT2D eigenvalue weighted by Crippen LogP contribution is -2.22. The van der Waals surface area contributed by atoms with E-state index in [4.69, 9.17) is 19.9 Å². The summed E-state index contributed by atoms with van der Waals surface area (Å²) in [6, 6.07) is 3.91. The van der Waals surface area contributed by atoms with Crippen LogP contribution in [-0.4, -0.2) is 23.8 Å². The summed E-state index contributed by atoms with van der Waals surface area (Å²) >= 11 is 3.56. The number of hydrogen-bond acceptors (Lipinski definition) is 6. The summed E-state index contributed by atoms with van der Waals surface area (Å²) in [5, 5.41) is 9.68. The van der Waals surface area contributed by atoms with Crippen molar-refractivity contribution in [3.8, 4) is 17.7 Å². The van der Waals surface area contributed by atoms with Gasteiger partial charge in [-0.2, -0.15) is 5.26 Å². The number of nitrogens with zero attached hydrogens (tertiary/aromatic N) is 3. The van der Waals surface area contributed by atoms with Crippen LogP contribution in [0, 0.1) is 11.5 Å². The Kier molecular flexibility index (Phi) is 4.55. The molecule has 0 fully saturated rings. The van der Waals surface area contributed by atoms with Crippen LogP contribution < -0.4 is 15.2 Å². The van der Waals surface area contributed by atoms with Gasteiger partial charge < -0.3 is 19.9 Å². The molecule has 2 unspecified atom stereocenters. The van der Waals surface area contributed by atoms with Crippen molar-refractivity contribution in [3.05, 3.63) is 57.0 Å². The number of imidazole rings is 1. The van der Waals surface area contributed by atoms with Crippen LogP contribution in [0.4, 0.5) is 5.95 Å². The van der Waals surface area contributed by atoms with E-state index in [1.807, 2.05) is 19.1 Å². The Morgan fingerprint density at radius 3 is 2.82 bits per heavy atom. The highest BCUT2D eigenvalue weighted by molar-refractivity contribution is 9.10. The summed E-state index contributed by atoms with van der Waals surface area (Å²) < 4.78 is 19.0. The average molecular weight is 443 g/mol. The molecule has 4 rings (SSSR count). The average Bonchev–Trinajstić information content (AvgIpc) is 3.02. The highest BCUT2D eigenvalue weighted by Gasteiger charge is 2.39. The van der Waals surface area contributed by atoms with Crippen molar-refractivity contribution in [2.24, 2.45) is 0 Å². The monoisotopic (exact) mass is 442 g/mol. The van der Waals surface area contributed by atoms with Gasteiger partial charge in [-0.05, 0) is 58.1 Å². The third kappa shape index (κ3) is 2.74. The van der Waals surface area contributed by atoms with E-state index in [1.54, 1.807) is 20.5 Å². The lowest BCUT2D eigenvalue weighted by atomic mass is 9.79. The molecule has 1 aromatic heterocycles. The number of nitriles is 1. The van der Waals surface area contributed by atoms with Crippen LogP contribution in [0.1, 0.15) is 42.3 Å². The minimum Gasteiger partial charge on any atom is -0.493 e. The van der Waals surface area contributed by atoms with Gasteiger partial charge in [0.25, 0.3) is 0 Å². The Morgan fingerprint density at radius 2 is 2.14 bits per heavy atom. The number of nitrogen functional groups attached to an aromatic ring is 1. The molecule has 28 heavy (non-hydrogen) atoms. The normalized spacial score (nSPS) is 20.1. The molecule has 144 valence electrons. The number of nitrogens with two attached hydrogens (primary N) is 1. The van der Waals surface area contributed by atoms with Crippen LogP contribution in [0.15, 0.2) is 40.1 Å². The molecular weight excluding hydrogens is 424 g/mol. The van der Waals surface area contributed by atoms with Crippen molar-refractivity contribution in [1.29, 1.82) is 5.26 Å². The zero-order valence-electron chi connectivity index (χ0n) is 15.7. The second-order valence-electron chi connectivity index (χ2n) is 6.77. The summed E-state index contributed by atoms with van der Waals surface area (Å²) in [5.74, 6) is 1.25. The number of ether oxygens (including phenoxy) is 3. The van der Waals surface area contributed by atoms with Crippen LogP contribution in [0.3, 0.4) is 0 Å². The van der Waals surface area contributed by atoms with Crippen molar-refractivity contribution in [2.75, 3.05) is 20.0 Å². The molecule has 0 spiro atoms. The molecule has 7 nitrogen and oxygen atoms in total. The second kappa shape index (κ2) is 6.91. The molecule has 2 atom stereocenters. The number of allylic oxidation sites excluding steroid dienone is 2. The van der Waals surface area contributed by atoms with E-state index in [2.05, 4.69) is 33.2 Å². The van der Waals surface area contributed by atoms with Gasteiger partial charge in [0, 0.05) is 5.92 Å². The van der Waals surface area contributed by atoms with Crippen LogP contribution in [-0.2, 0) is 4.74 Å². The van der Waals surface area contributed by atoms with Crippen LogP contribution in [0.2, 0.25) is 0 Å². The Morgan fingerprint density at radius 1 is 1.36 bits per heavy atom. The van der Waals surface area contributed by atoms with Gasteiger partial charge in [0.15, 0.2) is 23.8 Å². The van der Waals surface area contributed by atoms with E-state index in [-0.39, 0.29) is 18.0 Å². The third-order valence-electron chi connectivity index (χ3n) is 5.08. The number of benzene rings is 1. The van der Waals surface area contributed by atoms with E-state index in [0.29, 0.717) is 23.6 Å². The van der Waals surface area contributed by atoms with Gasteiger partial charge in [0.2, 0.25) is 5.95 Å². The van der Waals surface area contributed by atoms with Crippen LogP contribution in [0.25, 0.3) is 0 Å². The zero-order valence-corrected chi connectivity index (χ0v) is 17.3. The summed E-state index contributed by atoms with van der Waals surface area (Å²) in [6.45, 7) is 1.99. The molecule has 2 aromatic rings. The predicted octanol–water partition coefficient (Wildman–Crippen LogP) is 4.01. The summed E-state index contributed by atoms with van der Waals surface area (Å²) in [5.41, 5.74) is 10.6. The maximum Gasteiger partial charge on any atom is 0.214 e. The Labute approximate surface area is 171 Å². The number of rotatable bonds is 3. The van der Waals surface area contributed by atoms with Gasteiger partial charge in [-0.15, -0.1) is 0 Å². The maximum absolute atomic E-state index is 9.68. The molecular formula is C20H19BrN4O3. The molecule has 8 heteroatoms. The minimum absolute atomic E-state index is 0.132. The van der Waals surface area contributed by atoms with E-state index in [1.165, 1.54) is 4.57 Å². The number of halogens is 1. The summed E-state index contributed by atoms with van der Waals surface area (Å²) in [6.07, 6.45) is 6.33. The van der Waals surface area contributed by atoms with E-state index in [9.17, 15) is 5.26 Å². The minimum atomic E-state index is -0.324. The molecule has 1 aliphatic carbocycles. The smallest absolute Gasteiger partial charge is 0.214 e. The first-order valence-corrected chi connectivity index (χ1v) is 9.50. The molecule has 2 aliphatic rings. The molecule has 2 heterocycles. The lowest BCUT2D eigenvalue weighted by Gasteiger charge is -2.33. The third-order valence-corrected chi connectivity index (χ3v) is 5.67. The summed E-state index contributed by atoms with van der Waals surface area (Å²) in [7, 11) is 3.19. The van der Waals surface area contributed by atoms with E-state index in [0.717, 1.165) is 26.9 Å². The molecule has 0 bridgehead atoms. The number of fused-ring (bicyclic) bond motifs is 3. The fraction of sp³-hybridized carbons (Fsp3) is 0.300. The maximum atomic E-state index is 9.68. The van der Waals surface area contributed by atoms with Gasteiger partial charge in [0.1, 0.15) is 5.69 Å². The lowest BCUT2D eigenvalue weighted by molar-refractivity contribution is 0.157. The topological polar surface area (TPSA) is 95.3 Å². The fourth-order valence-corrected chi connectivity index (χ4v) is 4.54. The highest BCUT2D eigenvalue weighted by atomic mass is 79.9. The predicted molar refractivity (Wildman–Crippen MR) is 107 cm³/mol. The van der Waals surface area contributed by atoms with Crippen molar-refractivity contribution in [3.63, 3.8) is 0 Å². The van der Waals surface area contributed by atoms with Gasteiger partial charge in [-0.25, -0.2) is 9.55 Å². The van der Waals surface area contributed by atoms with E-state index >= 15 is 0 Å². The van der Waals surface area contributed by atoms with Crippen LogP contribution >= 0.6 is 15.9 Å². The first kappa shape index (κ1) is 18.4. The number of methoxy groups -OCH3 is 2. The molecule has 1 aromatic carbocycles. The second-order valence-corrected chi connectivity index (χ2v) is 7.62. The van der Waals surface area contributed by atoms with Crippen LogP contribution in [0.5, 0.6) is 11.5 Å². The molecule has 1 aliphatic heterocycles. The fourth-order valence-electron chi connectivity index (χ4n) is 3.92. The highest BCUT2D eigenvalue weighted by Crippen LogP contribution is 2.49. The zero-order chi connectivity index (χ0) is 20.0. The Bertz CT molecular complexity index is 1060. The molecule has 0 radical (unpaired) electrons. The number of hydrogen-bond donors (Lipinski definition) is 1.